The van der Waals surface area contributed by atoms with Gasteiger partial charge in [0.1, 0.15) is 0 Å². The molecular weight excluding hydrogens is 199 g/mol. The smallest absolute Gasteiger partial charge is 0.269 e. The molecule has 70 valence electrons. The van der Waals surface area contributed by atoms with Crippen LogP contribution in [-0.4, -0.2) is 18.7 Å². The lowest BCUT2D eigenvalue weighted by Gasteiger charge is -2.05. The van der Waals surface area contributed by atoms with Crippen LogP contribution in [0, 0.1) is 5.92 Å². The van der Waals surface area contributed by atoms with Crippen LogP contribution < -0.4 is 5.73 Å². The molecule has 0 aromatic heterocycles. The molecule has 0 saturated carbocycles. The van der Waals surface area contributed by atoms with Crippen LogP contribution in [0.2, 0.25) is 0 Å². The zero-order valence-corrected chi connectivity index (χ0v) is 8.11. The summed E-state index contributed by atoms with van der Waals surface area (Å²) in [5.74, 6) is 0.0935. The molecule has 0 radical (unpaired) electrons. The molecule has 1 heterocycles. The highest BCUT2D eigenvalue weighted by Gasteiger charge is 2.05. The van der Waals surface area contributed by atoms with Gasteiger partial charge < -0.3 is 5.73 Å². The Morgan fingerprint density at radius 1 is 1.50 bits per heavy atom. The van der Waals surface area contributed by atoms with Crippen molar-refractivity contribution < 1.29 is 4.79 Å². The fourth-order valence-corrected chi connectivity index (χ4v) is 0.831. The molecule has 1 aliphatic heterocycles. The molecular formula is C7H12Cl2N2O. The minimum atomic E-state index is -0.173. The van der Waals surface area contributed by atoms with Crippen LogP contribution in [0.25, 0.3) is 0 Å². The van der Waals surface area contributed by atoms with E-state index >= 15 is 0 Å². The maximum absolute atomic E-state index is 10.5. The van der Waals surface area contributed by atoms with Gasteiger partial charge in [-0.15, -0.1) is 24.8 Å². The van der Waals surface area contributed by atoms with Crippen molar-refractivity contribution in [2.45, 2.75) is 6.42 Å². The molecule has 0 aromatic rings. The standard InChI is InChI=1S/C7H10N2O.2ClH/c8-4-3-6-1-2-7(10)9-5-6;;/h1-2,5-6H,3-4,8H2;2*1H. The molecule has 0 aromatic carbocycles. The highest BCUT2D eigenvalue weighted by Crippen LogP contribution is 2.04. The van der Waals surface area contributed by atoms with Crippen molar-refractivity contribution in [1.29, 1.82) is 0 Å². The first-order valence-electron chi connectivity index (χ1n) is 3.29. The highest BCUT2D eigenvalue weighted by atomic mass is 35.5. The summed E-state index contributed by atoms with van der Waals surface area (Å²) in [6.07, 6.45) is 5.84. The number of carbonyl (C=O) groups is 1. The van der Waals surface area contributed by atoms with Crippen molar-refractivity contribution in [3.05, 3.63) is 12.2 Å². The number of hydrogen-bond acceptors (Lipinski definition) is 2. The predicted molar refractivity (Wildman–Crippen MR) is 54.3 cm³/mol. The van der Waals surface area contributed by atoms with Gasteiger partial charge in [-0.05, 0) is 13.0 Å². The number of carbonyl (C=O) groups excluding carboxylic acids is 1. The molecule has 0 bridgehead atoms. The van der Waals surface area contributed by atoms with Crippen molar-refractivity contribution >= 4 is 36.9 Å². The molecule has 0 spiro atoms. The van der Waals surface area contributed by atoms with Gasteiger partial charge in [0.05, 0.1) is 0 Å². The Morgan fingerprint density at radius 2 is 2.17 bits per heavy atom. The number of nitrogens with two attached hydrogens (primary N) is 1. The van der Waals surface area contributed by atoms with E-state index < -0.39 is 0 Å². The number of hydrogen-bond donors (Lipinski definition) is 1. The molecule has 0 saturated heterocycles. The molecule has 1 aliphatic rings. The molecule has 5 heteroatoms. The molecule has 0 aliphatic carbocycles. The van der Waals surface area contributed by atoms with E-state index in [0.29, 0.717) is 6.54 Å². The summed E-state index contributed by atoms with van der Waals surface area (Å²) in [7, 11) is 0. The topological polar surface area (TPSA) is 55.5 Å². The van der Waals surface area contributed by atoms with Gasteiger partial charge in [0.15, 0.2) is 0 Å². The molecule has 1 atom stereocenters. The van der Waals surface area contributed by atoms with Crippen molar-refractivity contribution in [3.8, 4) is 0 Å². The molecule has 0 fully saturated rings. The Hall–Kier alpha value is -0.380. The van der Waals surface area contributed by atoms with Gasteiger partial charge in [-0.25, -0.2) is 4.99 Å². The Kier molecular flexibility index (Phi) is 8.59. The van der Waals surface area contributed by atoms with E-state index in [9.17, 15) is 4.79 Å². The summed E-state index contributed by atoms with van der Waals surface area (Å²) >= 11 is 0. The Balaban J connectivity index is 0. The molecule has 1 amide bonds. The monoisotopic (exact) mass is 210 g/mol. The van der Waals surface area contributed by atoms with Crippen molar-refractivity contribution in [2.75, 3.05) is 6.54 Å². The third-order valence-corrected chi connectivity index (χ3v) is 1.38. The molecule has 2 N–H and O–H groups in total. The first-order chi connectivity index (χ1) is 4.83. The summed E-state index contributed by atoms with van der Waals surface area (Å²) in [4.78, 5) is 14.1. The van der Waals surface area contributed by atoms with Crippen LogP contribution in [0.1, 0.15) is 6.42 Å². The van der Waals surface area contributed by atoms with Crippen molar-refractivity contribution in [1.82, 2.24) is 0 Å². The van der Waals surface area contributed by atoms with Gasteiger partial charge in [0.2, 0.25) is 0 Å². The van der Waals surface area contributed by atoms with Gasteiger partial charge in [-0.2, -0.15) is 0 Å². The van der Waals surface area contributed by atoms with Gasteiger partial charge in [0.25, 0.3) is 5.91 Å². The van der Waals surface area contributed by atoms with Gasteiger partial charge >= 0.3 is 0 Å². The van der Waals surface area contributed by atoms with Crippen LogP contribution in [0.4, 0.5) is 0 Å². The van der Waals surface area contributed by atoms with Gasteiger partial charge in [-0.1, -0.05) is 6.08 Å². The number of dihydropyridines is 1. The third kappa shape index (κ3) is 4.49. The fraction of sp³-hybridized carbons (Fsp3) is 0.429. The van der Waals surface area contributed by atoms with Crippen molar-refractivity contribution in [3.63, 3.8) is 0 Å². The van der Waals surface area contributed by atoms with Crippen LogP contribution in [0.15, 0.2) is 17.1 Å². The second-order valence-electron chi connectivity index (χ2n) is 2.22. The minimum Gasteiger partial charge on any atom is -0.330 e. The maximum atomic E-state index is 10.5. The molecule has 1 unspecified atom stereocenters. The average Bonchev–Trinajstić information content (AvgIpc) is 1.95. The van der Waals surface area contributed by atoms with E-state index in [4.69, 9.17) is 5.73 Å². The first-order valence-corrected chi connectivity index (χ1v) is 3.29. The summed E-state index contributed by atoms with van der Waals surface area (Å²) in [6.45, 7) is 0.634. The minimum absolute atomic E-state index is 0. The molecule has 3 nitrogen and oxygen atoms in total. The second kappa shape index (κ2) is 7.28. The third-order valence-electron chi connectivity index (χ3n) is 1.38. The number of nitrogens with zero attached hydrogens (tertiary/aromatic N) is 1. The lowest BCUT2D eigenvalue weighted by Crippen LogP contribution is -2.11. The van der Waals surface area contributed by atoms with E-state index in [1.807, 2.05) is 6.08 Å². The summed E-state index contributed by atoms with van der Waals surface area (Å²) in [5.41, 5.74) is 5.31. The van der Waals surface area contributed by atoms with E-state index in [-0.39, 0.29) is 36.6 Å². The SMILES string of the molecule is Cl.Cl.NCCC1C=CC(=O)N=C1. The van der Waals surface area contributed by atoms with Crippen LogP contribution in [0.3, 0.4) is 0 Å². The second-order valence-corrected chi connectivity index (χ2v) is 2.22. The van der Waals surface area contributed by atoms with E-state index in [2.05, 4.69) is 4.99 Å². The van der Waals surface area contributed by atoms with Crippen LogP contribution in [-0.2, 0) is 4.79 Å². The summed E-state index contributed by atoms with van der Waals surface area (Å²) in [5, 5.41) is 0. The average molecular weight is 211 g/mol. The first kappa shape index (κ1) is 14.2. The summed E-state index contributed by atoms with van der Waals surface area (Å²) < 4.78 is 0. The highest BCUT2D eigenvalue weighted by molar-refractivity contribution is 5.96. The Bertz CT molecular complexity index is 176. The van der Waals surface area contributed by atoms with Gasteiger partial charge in [0, 0.05) is 18.2 Å². The van der Waals surface area contributed by atoms with Crippen molar-refractivity contribution in [2.24, 2.45) is 16.6 Å². The Morgan fingerprint density at radius 3 is 2.58 bits per heavy atom. The van der Waals surface area contributed by atoms with E-state index in [1.165, 1.54) is 6.08 Å². The van der Waals surface area contributed by atoms with Crippen LogP contribution in [0.5, 0.6) is 0 Å². The number of amides is 1. The Labute approximate surface area is 83.9 Å². The number of rotatable bonds is 2. The lowest BCUT2D eigenvalue weighted by molar-refractivity contribution is -0.113. The number of halogens is 2. The molecule has 12 heavy (non-hydrogen) atoms. The largest absolute Gasteiger partial charge is 0.330 e. The zero-order valence-electron chi connectivity index (χ0n) is 6.47. The number of aliphatic imine (C=N–C) groups is 1. The summed E-state index contributed by atoms with van der Waals surface area (Å²) in [6, 6.07) is 0. The van der Waals surface area contributed by atoms with Crippen LogP contribution >= 0.6 is 24.8 Å². The fourth-order valence-electron chi connectivity index (χ4n) is 0.831. The lowest BCUT2D eigenvalue weighted by atomic mass is 10.1. The number of allylic oxidation sites excluding steroid dienone is 1. The van der Waals surface area contributed by atoms with E-state index in [1.54, 1.807) is 6.21 Å². The quantitative estimate of drug-likeness (QED) is 0.739. The maximum Gasteiger partial charge on any atom is 0.269 e. The predicted octanol–water partition coefficient (Wildman–Crippen LogP) is 0.962. The zero-order chi connectivity index (χ0) is 7.40. The van der Waals surface area contributed by atoms with Gasteiger partial charge in [-0.3, -0.25) is 4.79 Å². The molecule has 1 rings (SSSR count). The normalized spacial score (nSPS) is 19.8. The van der Waals surface area contributed by atoms with E-state index in [0.717, 1.165) is 6.42 Å².